The Morgan fingerprint density at radius 2 is 1.13 bits per heavy atom. The highest BCUT2D eigenvalue weighted by Crippen LogP contribution is 2.24. The zero-order chi connectivity index (χ0) is 21.7. The number of amides is 2. The van der Waals surface area contributed by atoms with Crippen molar-refractivity contribution in [2.45, 2.75) is 12.8 Å². The lowest BCUT2D eigenvalue weighted by molar-refractivity contribution is -0.116. The number of halogens is 2. The van der Waals surface area contributed by atoms with Gasteiger partial charge in [-0.15, -0.1) is 0 Å². The van der Waals surface area contributed by atoms with Crippen LogP contribution in [0.3, 0.4) is 0 Å². The van der Waals surface area contributed by atoms with Crippen LogP contribution in [0.2, 0.25) is 0 Å². The Morgan fingerprint density at radius 3 is 1.53 bits per heavy atom. The first-order valence-electron chi connectivity index (χ1n) is 8.95. The van der Waals surface area contributed by atoms with E-state index >= 15 is 0 Å². The van der Waals surface area contributed by atoms with E-state index in [4.69, 9.17) is 0 Å². The molecule has 0 heterocycles. The van der Waals surface area contributed by atoms with Crippen LogP contribution in [0.4, 0.5) is 20.2 Å². The topological polar surface area (TPSA) is 98.7 Å². The molecule has 3 rings (SSSR count). The molecule has 3 aromatic carbocycles. The lowest BCUT2D eigenvalue weighted by Crippen LogP contribution is -2.18. The second-order valence-corrected chi connectivity index (χ2v) is 6.60. The third-order valence-corrected chi connectivity index (χ3v) is 4.16. The SMILES string of the molecule is O=C(Cc1cccc(O)c1)Nc1cc(NC(=O)Cc2cccc(O)c2)c(F)cc1F. The second-order valence-electron chi connectivity index (χ2n) is 6.60. The van der Waals surface area contributed by atoms with Crippen LogP contribution in [0.1, 0.15) is 11.1 Å². The third kappa shape index (κ3) is 5.54. The van der Waals surface area contributed by atoms with E-state index in [-0.39, 0.29) is 35.7 Å². The molecule has 8 heteroatoms. The average molecular weight is 412 g/mol. The van der Waals surface area contributed by atoms with Gasteiger partial charge < -0.3 is 20.8 Å². The summed E-state index contributed by atoms with van der Waals surface area (Å²) in [6.45, 7) is 0. The van der Waals surface area contributed by atoms with E-state index in [1.807, 2.05) is 0 Å². The monoisotopic (exact) mass is 412 g/mol. The van der Waals surface area contributed by atoms with Crippen molar-refractivity contribution in [3.63, 3.8) is 0 Å². The molecule has 4 N–H and O–H groups in total. The first-order valence-corrected chi connectivity index (χ1v) is 8.95. The zero-order valence-electron chi connectivity index (χ0n) is 15.7. The molecule has 154 valence electrons. The fraction of sp³-hybridized carbons (Fsp3) is 0.0909. The molecule has 0 aliphatic heterocycles. The molecule has 0 saturated carbocycles. The summed E-state index contributed by atoms with van der Waals surface area (Å²) in [6, 6.07) is 13.6. The van der Waals surface area contributed by atoms with Crippen LogP contribution in [0.5, 0.6) is 11.5 Å². The summed E-state index contributed by atoms with van der Waals surface area (Å²) in [7, 11) is 0. The highest BCUT2D eigenvalue weighted by molar-refractivity contribution is 5.95. The molecule has 0 atom stereocenters. The molecule has 30 heavy (non-hydrogen) atoms. The van der Waals surface area contributed by atoms with Gasteiger partial charge in [-0.1, -0.05) is 24.3 Å². The Morgan fingerprint density at radius 1 is 0.700 bits per heavy atom. The van der Waals surface area contributed by atoms with Gasteiger partial charge in [0.1, 0.15) is 23.1 Å². The van der Waals surface area contributed by atoms with E-state index in [0.717, 1.165) is 6.07 Å². The number of carbonyl (C=O) groups excluding carboxylic acids is 2. The molecule has 0 saturated heterocycles. The number of benzene rings is 3. The minimum atomic E-state index is -0.997. The first kappa shape index (κ1) is 20.8. The highest BCUT2D eigenvalue weighted by atomic mass is 19.1. The fourth-order valence-electron chi connectivity index (χ4n) is 2.83. The van der Waals surface area contributed by atoms with Crippen molar-refractivity contribution in [2.75, 3.05) is 10.6 Å². The van der Waals surface area contributed by atoms with Crippen molar-refractivity contribution in [1.29, 1.82) is 0 Å². The zero-order valence-corrected chi connectivity index (χ0v) is 15.7. The van der Waals surface area contributed by atoms with Gasteiger partial charge in [-0.2, -0.15) is 0 Å². The Hall–Kier alpha value is -3.94. The van der Waals surface area contributed by atoms with Crippen molar-refractivity contribution in [3.05, 3.63) is 83.4 Å². The Kier molecular flexibility index (Phi) is 6.26. The van der Waals surface area contributed by atoms with E-state index < -0.39 is 23.4 Å². The molecular formula is C22H18F2N2O4. The molecule has 0 spiro atoms. The Labute approximate surface area is 170 Å². The number of anilines is 2. The minimum Gasteiger partial charge on any atom is -0.508 e. The number of nitrogens with one attached hydrogen (secondary N) is 2. The van der Waals surface area contributed by atoms with Gasteiger partial charge in [-0.25, -0.2) is 8.78 Å². The lowest BCUT2D eigenvalue weighted by atomic mass is 10.1. The minimum absolute atomic E-state index is 0.00926. The number of aromatic hydroxyl groups is 2. The third-order valence-electron chi connectivity index (χ3n) is 4.16. The van der Waals surface area contributed by atoms with Crippen LogP contribution in [0.25, 0.3) is 0 Å². The summed E-state index contributed by atoms with van der Waals surface area (Å²) in [5.41, 5.74) is 0.424. The molecule has 0 bridgehead atoms. The van der Waals surface area contributed by atoms with Gasteiger partial charge in [0.05, 0.1) is 24.2 Å². The van der Waals surface area contributed by atoms with E-state index in [9.17, 15) is 28.6 Å². The summed E-state index contributed by atoms with van der Waals surface area (Å²) in [5.74, 6) is -3.17. The van der Waals surface area contributed by atoms with Gasteiger partial charge >= 0.3 is 0 Å². The normalized spacial score (nSPS) is 10.5. The maximum absolute atomic E-state index is 14.1. The molecule has 2 amide bonds. The summed E-state index contributed by atoms with van der Waals surface area (Å²) in [5, 5.41) is 23.5. The maximum Gasteiger partial charge on any atom is 0.228 e. The van der Waals surface area contributed by atoms with Gasteiger partial charge in [0, 0.05) is 6.07 Å². The summed E-state index contributed by atoms with van der Waals surface area (Å²) >= 11 is 0. The maximum atomic E-state index is 14.1. The van der Waals surface area contributed by atoms with Gasteiger partial charge in [0.25, 0.3) is 0 Å². The van der Waals surface area contributed by atoms with Crippen LogP contribution >= 0.6 is 0 Å². The van der Waals surface area contributed by atoms with Gasteiger partial charge in [0.2, 0.25) is 11.8 Å². The van der Waals surface area contributed by atoms with Crippen molar-refractivity contribution in [3.8, 4) is 11.5 Å². The van der Waals surface area contributed by atoms with Gasteiger partial charge in [0.15, 0.2) is 0 Å². The fourth-order valence-corrected chi connectivity index (χ4v) is 2.83. The van der Waals surface area contributed by atoms with Crippen LogP contribution < -0.4 is 10.6 Å². The number of carbonyl (C=O) groups is 2. The molecule has 0 aromatic heterocycles. The largest absolute Gasteiger partial charge is 0.508 e. The molecule has 0 unspecified atom stereocenters. The van der Waals surface area contributed by atoms with Crippen LogP contribution in [0, 0.1) is 11.6 Å². The quantitative estimate of drug-likeness (QED) is 0.496. The van der Waals surface area contributed by atoms with E-state index in [1.165, 1.54) is 24.3 Å². The van der Waals surface area contributed by atoms with Crippen LogP contribution in [-0.4, -0.2) is 22.0 Å². The number of rotatable bonds is 6. The average Bonchev–Trinajstić information content (AvgIpc) is 2.65. The van der Waals surface area contributed by atoms with Crippen molar-refractivity contribution >= 4 is 23.2 Å². The van der Waals surface area contributed by atoms with E-state index in [1.54, 1.807) is 24.3 Å². The van der Waals surface area contributed by atoms with Crippen LogP contribution in [-0.2, 0) is 22.4 Å². The molecule has 6 nitrogen and oxygen atoms in total. The Balaban J connectivity index is 1.70. The number of hydrogen-bond donors (Lipinski definition) is 4. The second kappa shape index (κ2) is 9.04. The summed E-state index contributed by atoms with van der Waals surface area (Å²) in [4.78, 5) is 24.3. The van der Waals surface area contributed by atoms with Crippen molar-refractivity contribution in [2.24, 2.45) is 0 Å². The molecular weight excluding hydrogens is 394 g/mol. The van der Waals surface area contributed by atoms with E-state index in [0.29, 0.717) is 17.2 Å². The highest BCUT2D eigenvalue weighted by Gasteiger charge is 2.15. The van der Waals surface area contributed by atoms with Crippen molar-refractivity contribution in [1.82, 2.24) is 0 Å². The van der Waals surface area contributed by atoms with Gasteiger partial charge in [-0.3, -0.25) is 9.59 Å². The lowest BCUT2D eigenvalue weighted by Gasteiger charge is -2.11. The van der Waals surface area contributed by atoms with Crippen molar-refractivity contribution < 1.29 is 28.6 Å². The van der Waals surface area contributed by atoms with Crippen LogP contribution in [0.15, 0.2) is 60.7 Å². The number of phenols is 2. The molecule has 0 fully saturated rings. The summed E-state index contributed by atoms with van der Waals surface area (Å²) < 4.78 is 28.2. The smallest absolute Gasteiger partial charge is 0.228 e. The van der Waals surface area contributed by atoms with E-state index in [2.05, 4.69) is 10.6 Å². The summed E-state index contributed by atoms with van der Waals surface area (Å²) in [6.07, 6.45) is -0.269. The first-order chi connectivity index (χ1) is 14.3. The Bertz CT molecular complexity index is 1020. The molecule has 0 aliphatic carbocycles. The standard InChI is InChI=1S/C22H18F2N2O4/c23-17-11-18(24)20(26-22(30)10-14-4-2-6-16(28)8-14)12-19(17)25-21(29)9-13-3-1-5-15(27)7-13/h1-8,11-12,27-28H,9-10H2,(H,25,29)(H,26,30). The predicted octanol–water partition coefficient (Wildman–Crippen LogP) is 3.74. The molecule has 0 aliphatic rings. The van der Waals surface area contributed by atoms with Gasteiger partial charge in [-0.05, 0) is 41.5 Å². The molecule has 3 aromatic rings. The predicted molar refractivity (Wildman–Crippen MR) is 107 cm³/mol. The number of hydrogen-bond acceptors (Lipinski definition) is 4. The molecule has 0 radical (unpaired) electrons. The number of phenolic OH excluding ortho intramolecular Hbond substituents is 2.